The molecule has 0 radical (unpaired) electrons. The Bertz CT molecular complexity index is 374. The summed E-state index contributed by atoms with van der Waals surface area (Å²) >= 11 is 0. The summed E-state index contributed by atoms with van der Waals surface area (Å²) in [7, 11) is 0. The van der Waals surface area contributed by atoms with E-state index in [2.05, 4.69) is 5.32 Å². The Morgan fingerprint density at radius 2 is 1.75 bits per heavy atom. The first kappa shape index (κ1) is 12.2. The van der Waals surface area contributed by atoms with E-state index in [0.717, 1.165) is 0 Å². The second-order valence-corrected chi connectivity index (χ2v) is 3.91. The maximum atomic E-state index is 11.5. The zero-order valence-corrected chi connectivity index (χ0v) is 9.44. The third kappa shape index (κ3) is 3.08. The molecule has 0 unspecified atom stereocenters. The molecule has 16 heavy (non-hydrogen) atoms. The van der Waals surface area contributed by atoms with Crippen LogP contribution >= 0.6 is 0 Å². The van der Waals surface area contributed by atoms with Crippen molar-refractivity contribution in [3.05, 3.63) is 35.9 Å². The van der Waals surface area contributed by atoms with Crippen LogP contribution in [0.25, 0.3) is 0 Å². The topological polar surface area (TPSA) is 72.2 Å². The second kappa shape index (κ2) is 5.30. The van der Waals surface area contributed by atoms with Crippen molar-refractivity contribution in [3.63, 3.8) is 0 Å². The minimum absolute atomic E-state index is 0.175. The molecule has 4 heteroatoms. The lowest BCUT2D eigenvalue weighted by Gasteiger charge is -2.17. The zero-order chi connectivity index (χ0) is 12.1. The molecule has 0 bridgehead atoms. The molecule has 0 aliphatic carbocycles. The third-order valence-corrected chi connectivity index (χ3v) is 2.23. The fourth-order valence-corrected chi connectivity index (χ4v) is 1.27. The molecule has 0 aliphatic heterocycles. The molecule has 86 valence electrons. The van der Waals surface area contributed by atoms with Gasteiger partial charge in [0, 0.05) is 5.92 Å². The maximum Gasteiger partial charge on any atom is 0.244 e. The number of rotatable bonds is 4. The van der Waals surface area contributed by atoms with Crippen LogP contribution in [0.2, 0.25) is 0 Å². The standard InChI is InChI=1S/C12H16N2O2/c1-8(2)12(16)14-10(11(13)15)9-6-4-3-5-7-9/h3-8,10H,1-2H3,(H2,13,15)(H,14,16)/t10-/m1/s1. The number of hydrogen-bond donors (Lipinski definition) is 2. The summed E-state index contributed by atoms with van der Waals surface area (Å²) in [5.74, 6) is -0.918. The van der Waals surface area contributed by atoms with Gasteiger partial charge < -0.3 is 11.1 Å². The Labute approximate surface area is 94.8 Å². The Kier molecular flexibility index (Phi) is 4.05. The molecular formula is C12H16N2O2. The highest BCUT2D eigenvalue weighted by atomic mass is 16.2. The van der Waals surface area contributed by atoms with Gasteiger partial charge in [0.1, 0.15) is 6.04 Å². The van der Waals surface area contributed by atoms with Crippen LogP contribution in [0.3, 0.4) is 0 Å². The number of nitrogens with two attached hydrogens (primary N) is 1. The maximum absolute atomic E-state index is 11.5. The monoisotopic (exact) mass is 220 g/mol. The van der Waals surface area contributed by atoms with Gasteiger partial charge in [-0.15, -0.1) is 0 Å². The van der Waals surface area contributed by atoms with Gasteiger partial charge in [0.15, 0.2) is 0 Å². The van der Waals surface area contributed by atoms with Gasteiger partial charge in [-0.2, -0.15) is 0 Å². The van der Waals surface area contributed by atoms with E-state index in [4.69, 9.17) is 5.73 Å². The van der Waals surface area contributed by atoms with E-state index in [9.17, 15) is 9.59 Å². The van der Waals surface area contributed by atoms with Crippen molar-refractivity contribution < 1.29 is 9.59 Å². The lowest BCUT2D eigenvalue weighted by atomic mass is 10.1. The largest absolute Gasteiger partial charge is 0.368 e. The molecule has 0 spiro atoms. The Morgan fingerprint density at radius 1 is 1.19 bits per heavy atom. The number of carbonyl (C=O) groups excluding carboxylic acids is 2. The lowest BCUT2D eigenvalue weighted by molar-refractivity contribution is -0.129. The van der Waals surface area contributed by atoms with E-state index in [0.29, 0.717) is 5.56 Å². The van der Waals surface area contributed by atoms with Gasteiger partial charge in [-0.05, 0) is 5.56 Å². The highest BCUT2D eigenvalue weighted by molar-refractivity contribution is 5.88. The first-order chi connectivity index (χ1) is 7.52. The van der Waals surface area contributed by atoms with Gasteiger partial charge >= 0.3 is 0 Å². The average Bonchev–Trinajstić information content (AvgIpc) is 2.26. The lowest BCUT2D eigenvalue weighted by Crippen LogP contribution is -2.39. The van der Waals surface area contributed by atoms with E-state index in [1.807, 2.05) is 6.07 Å². The Morgan fingerprint density at radius 3 is 2.19 bits per heavy atom. The first-order valence-electron chi connectivity index (χ1n) is 5.17. The molecule has 0 saturated carbocycles. The summed E-state index contributed by atoms with van der Waals surface area (Å²) in [5.41, 5.74) is 5.96. The summed E-state index contributed by atoms with van der Waals surface area (Å²) in [5, 5.41) is 2.62. The minimum atomic E-state index is -0.754. The smallest absolute Gasteiger partial charge is 0.244 e. The number of nitrogens with one attached hydrogen (secondary N) is 1. The van der Waals surface area contributed by atoms with Gasteiger partial charge in [-0.3, -0.25) is 9.59 Å². The van der Waals surface area contributed by atoms with Crippen LogP contribution in [0.15, 0.2) is 30.3 Å². The number of amides is 2. The van der Waals surface area contributed by atoms with Crippen molar-refractivity contribution in [2.75, 3.05) is 0 Å². The summed E-state index contributed by atoms with van der Waals surface area (Å²) in [6.45, 7) is 3.52. The van der Waals surface area contributed by atoms with Crippen molar-refractivity contribution >= 4 is 11.8 Å². The van der Waals surface area contributed by atoms with Crippen LogP contribution in [0.4, 0.5) is 0 Å². The van der Waals surface area contributed by atoms with Crippen LogP contribution in [0, 0.1) is 5.92 Å². The molecular weight excluding hydrogens is 204 g/mol. The van der Waals surface area contributed by atoms with Crippen LogP contribution < -0.4 is 11.1 Å². The van der Waals surface area contributed by atoms with Gasteiger partial charge in [0.05, 0.1) is 0 Å². The Balaban J connectivity index is 2.85. The molecule has 4 nitrogen and oxygen atoms in total. The first-order valence-corrected chi connectivity index (χ1v) is 5.17. The molecule has 0 aliphatic rings. The fourth-order valence-electron chi connectivity index (χ4n) is 1.27. The third-order valence-electron chi connectivity index (χ3n) is 2.23. The quantitative estimate of drug-likeness (QED) is 0.794. The number of carbonyl (C=O) groups is 2. The molecule has 2 amide bonds. The second-order valence-electron chi connectivity index (χ2n) is 3.91. The van der Waals surface area contributed by atoms with Gasteiger partial charge in [0.2, 0.25) is 11.8 Å². The van der Waals surface area contributed by atoms with Crippen molar-refractivity contribution in [1.29, 1.82) is 0 Å². The SMILES string of the molecule is CC(C)C(=O)N[C@@H](C(N)=O)c1ccccc1. The average molecular weight is 220 g/mol. The minimum Gasteiger partial charge on any atom is -0.368 e. The van der Waals surface area contributed by atoms with Crippen LogP contribution in [0.5, 0.6) is 0 Å². The van der Waals surface area contributed by atoms with Crippen LogP contribution in [-0.4, -0.2) is 11.8 Å². The predicted octanol–water partition coefficient (Wildman–Crippen LogP) is 0.985. The molecule has 1 atom stereocenters. The van der Waals surface area contributed by atoms with Crippen LogP contribution in [0.1, 0.15) is 25.5 Å². The van der Waals surface area contributed by atoms with Gasteiger partial charge in [-0.25, -0.2) is 0 Å². The summed E-state index contributed by atoms with van der Waals surface area (Å²) in [4.78, 5) is 22.8. The molecule has 0 fully saturated rings. The molecule has 1 aromatic carbocycles. The molecule has 1 rings (SSSR count). The molecule has 1 aromatic rings. The number of benzene rings is 1. The Hall–Kier alpha value is -1.84. The van der Waals surface area contributed by atoms with E-state index in [-0.39, 0.29) is 11.8 Å². The fraction of sp³-hybridized carbons (Fsp3) is 0.333. The van der Waals surface area contributed by atoms with Crippen molar-refractivity contribution in [2.45, 2.75) is 19.9 Å². The molecule has 0 saturated heterocycles. The highest BCUT2D eigenvalue weighted by Crippen LogP contribution is 2.12. The predicted molar refractivity (Wildman–Crippen MR) is 61.4 cm³/mol. The molecule has 0 heterocycles. The number of hydrogen-bond acceptors (Lipinski definition) is 2. The summed E-state index contributed by atoms with van der Waals surface area (Å²) in [6, 6.07) is 8.20. The van der Waals surface area contributed by atoms with E-state index in [1.165, 1.54) is 0 Å². The normalized spacial score (nSPS) is 12.2. The van der Waals surface area contributed by atoms with E-state index < -0.39 is 11.9 Å². The van der Waals surface area contributed by atoms with Crippen molar-refractivity contribution in [3.8, 4) is 0 Å². The molecule has 3 N–H and O–H groups in total. The van der Waals surface area contributed by atoms with E-state index >= 15 is 0 Å². The van der Waals surface area contributed by atoms with Gasteiger partial charge in [0.25, 0.3) is 0 Å². The zero-order valence-electron chi connectivity index (χ0n) is 9.44. The van der Waals surface area contributed by atoms with E-state index in [1.54, 1.807) is 38.1 Å². The summed E-state index contributed by atoms with van der Waals surface area (Å²) < 4.78 is 0. The van der Waals surface area contributed by atoms with Crippen molar-refractivity contribution in [1.82, 2.24) is 5.32 Å². The molecule has 0 aromatic heterocycles. The number of primary amides is 1. The van der Waals surface area contributed by atoms with Gasteiger partial charge in [-0.1, -0.05) is 44.2 Å². The highest BCUT2D eigenvalue weighted by Gasteiger charge is 2.20. The summed E-state index contributed by atoms with van der Waals surface area (Å²) in [6.07, 6.45) is 0. The van der Waals surface area contributed by atoms with Crippen LogP contribution in [-0.2, 0) is 9.59 Å². The van der Waals surface area contributed by atoms with Crippen molar-refractivity contribution in [2.24, 2.45) is 11.7 Å².